The summed E-state index contributed by atoms with van der Waals surface area (Å²) in [5.74, 6) is 0. The minimum absolute atomic E-state index is 0.182. The molecule has 1 aromatic rings. The number of nitrogens with one attached hydrogen (secondary N) is 1. The van der Waals surface area contributed by atoms with Crippen LogP contribution in [-0.2, 0) is 6.54 Å². The Labute approximate surface area is 111 Å². The van der Waals surface area contributed by atoms with Crippen LogP contribution in [0.2, 0.25) is 0 Å². The predicted molar refractivity (Wildman–Crippen MR) is 79.2 cm³/mol. The lowest BCUT2D eigenvalue weighted by Crippen LogP contribution is -2.35. The standard InChI is InChI=1S/C16H26N2/c1-13-11-14(12-17-16(2,3)4)7-8-15(13)18-9-5-6-10-18/h7-8,11,17H,5-6,9-10,12H2,1-4H3. The van der Waals surface area contributed by atoms with Gasteiger partial charge in [0.05, 0.1) is 0 Å². The van der Waals surface area contributed by atoms with Crippen molar-refractivity contribution < 1.29 is 0 Å². The molecule has 0 aliphatic carbocycles. The highest BCUT2D eigenvalue weighted by atomic mass is 15.1. The molecular formula is C16H26N2. The molecule has 1 fully saturated rings. The lowest BCUT2D eigenvalue weighted by Gasteiger charge is -2.23. The molecule has 1 heterocycles. The Morgan fingerprint density at radius 2 is 1.83 bits per heavy atom. The van der Waals surface area contributed by atoms with Crippen molar-refractivity contribution in [1.82, 2.24) is 5.32 Å². The van der Waals surface area contributed by atoms with E-state index in [0.717, 1.165) is 6.54 Å². The van der Waals surface area contributed by atoms with Gasteiger partial charge in [-0.3, -0.25) is 0 Å². The van der Waals surface area contributed by atoms with Gasteiger partial charge < -0.3 is 10.2 Å². The Bertz CT molecular complexity index is 398. The Morgan fingerprint density at radius 1 is 1.17 bits per heavy atom. The van der Waals surface area contributed by atoms with Gasteiger partial charge in [-0.15, -0.1) is 0 Å². The van der Waals surface area contributed by atoms with E-state index < -0.39 is 0 Å². The van der Waals surface area contributed by atoms with Gasteiger partial charge in [0.2, 0.25) is 0 Å². The highest BCUT2D eigenvalue weighted by molar-refractivity contribution is 5.55. The minimum atomic E-state index is 0.182. The first-order valence-electron chi connectivity index (χ1n) is 7.05. The SMILES string of the molecule is Cc1cc(CNC(C)(C)C)ccc1N1CCCC1. The highest BCUT2D eigenvalue weighted by Crippen LogP contribution is 2.25. The van der Waals surface area contributed by atoms with Gasteiger partial charge >= 0.3 is 0 Å². The zero-order chi connectivity index (χ0) is 13.2. The molecule has 1 N–H and O–H groups in total. The number of hydrogen-bond donors (Lipinski definition) is 1. The summed E-state index contributed by atoms with van der Waals surface area (Å²) in [5, 5.41) is 3.54. The Balaban J connectivity index is 2.05. The molecule has 0 unspecified atom stereocenters. The van der Waals surface area contributed by atoms with Crippen LogP contribution in [0, 0.1) is 6.92 Å². The number of hydrogen-bond acceptors (Lipinski definition) is 2. The van der Waals surface area contributed by atoms with E-state index >= 15 is 0 Å². The average molecular weight is 246 g/mol. The molecule has 1 aromatic carbocycles. The molecule has 0 amide bonds. The molecule has 1 saturated heterocycles. The largest absolute Gasteiger partial charge is 0.371 e. The van der Waals surface area contributed by atoms with Gasteiger partial charge in [-0.25, -0.2) is 0 Å². The van der Waals surface area contributed by atoms with Gasteiger partial charge in [0.25, 0.3) is 0 Å². The van der Waals surface area contributed by atoms with Gasteiger partial charge in [0.15, 0.2) is 0 Å². The molecule has 0 aromatic heterocycles. The third-order valence-corrected chi connectivity index (χ3v) is 3.53. The van der Waals surface area contributed by atoms with Crippen molar-refractivity contribution in [2.45, 2.75) is 52.6 Å². The molecule has 0 saturated carbocycles. The molecule has 1 aliphatic rings. The first-order chi connectivity index (χ1) is 8.46. The van der Waals surface area contributed by atoms with Crippen molar-refractivity contribution in [3.63, 3.8) is 0 Å². The summed E-state index contributed by atoms with van der Waals surface area (Å²) >= 11 is 0. The van der Waals surface area contributed by atoms with E-state index in [0.29, 0.717) is 0 Å². The second-order valence-electron chi connectivity index (χ2n) is 6.42. The Kier molecular flexibility index (Phi) is 3.96. The molecule has 100 valence electrons. The van der Waals surface area contributed by atoms with E-state index in [1.807, 2.05) is 0 Å². The summed E-state index contributed by atoms with van der Waals surface area (Å²) in [5.41, 5.74) is 4.39. The molecule has 1 aliphatic heterocycles. The second kappa shape index (κ2) is 5.31. The molecule has 0 atom stereocenters. The maximum absolute atomic E-state index is 3.54. The van der Waals surface area contributed by atoms with Crippen molar-refractivity contribution >= 4 is 5.69 Å². The van der Waals surface area contributed by atoms with Gasteiger partial charge in [0.1, 0.15) is 0 Å². The summed E-state index contributed by atoms with van der Waals surface area (Å²) in [4.78, 5) is 2.51. The van der Waals surface area contributed by atoms with E-state index in [1.165, 1.54) is 42.7 Å². The Morgan fingerprint density at radius 3 is 2.39 bits per heavy atom. The zero-order valence-corrected chi connectivity index (χ0v) is 12.2. The summed E-state index contributed by atoms with van der Waals surface area (Å²) in [6.45, 7) is 12.2. The van der Waals surface area contributed by atoms with E-state index in [9.17, 15) is 0 Å². The third kappa shape index (κ3) is 3.49. The highest BCUT2D eigenvalue weighted by Gasteiger charge is 2.14. The number of rotatable bonds is 3. The van der Waals surface area contributed by atoms with Crippen LogP contribution < -0.4 is 10.2 Å². The van der Waals surface area contributed by atoms with Crippen LogP contribution in [-0.4, -0.2) is 18.6 Å². The summed E-state index contributed by atoms with van der Waals surface area (Å²) in [6.07, 6.45) is 2.68. The van der Waals surface area contributed by atoms with Crippen molar-refractivity contribution in [1.29, 1.82) is 0 Å². The number of benzene rings is 1. The second-order valence-corrected chi connectivity index (χ2v) is 6.42. The van der Waals surface area contributed by atoms with Crippen LogP contribution in [0.4, 0.5) is 5.69 Å². The van der Waals surface area contributed by atoms with Gasteiger partial charge in [0, 0.05) is 30.9 Å². The lowest BCUT2D eigenvalue weighted by molar-refractivity contribution is 0.424. The zero-order valence-electron chi connectivity index (χ0n) is 12.2. The van der Waals surface area contributed by atoms with Crippen LogP contribution in [0.15, 0.2) is 18.2 Å². The average Bonchev–Trinajstić information content (AvgIpc) is 2.79. The maximum atomic E-state index is 3.54. The lowest BCUT2D eigenvalue weighted by atomic mass is 10.1. The van der Waals surface area contributed by atoms with Crippen LogP contribution in [0.3, 0.4) is 0 Å². The number of anilines is 1. The van der Waals surface area contributed by atoms with Crippen LogP contribution in [0.25, 0.3) is 0 Å². The fourth-order valence-electron chi connectivity index (χ4n) is 2.51. The predicted octanol–water partition coefficient (Wildman–Crippen LogP) is 3.48. The van der Waals surface area contributed by atoms with Crippen LogP contribution in [0.1, 0.15) is 44.7 Å². The van der Waals surface area contributed by atoms with E-state index in [1.54, 1.807) is 0 Å². The van der Waals surface area contributed by atoms with Crippen LogP contribution >= 0.6 is 0 Å². The molecule has 2 nitrogen and oxygen atoms in total. The van der Waals surface area contributed by atoms with Crippen molar-refractivity contribution in [3.05, 3.63) is 29.3 Å². The topological polar surface area (TPSA) is 15.3 Å². The van der Waals surface area contributed by atoms with Crippen LogP contribution in [0.5, 0.6) is 0 Å². The Hall–Kier alpha value is -1.02. The number of nitrogens with zero attached hydrogens (tertiary/aromatic N) is 1. The molecule has 18 heavy (non-hydrogen) atoms. The van der Waals surface area contributed by atoms with Crippen molar-refractivity contribution in [3.8, 4) is 0 Å². The first-order valence-corrected chi connectivity index (χ1v) is 7.05. The number of aryl methyl sites for hydroxylation is 1. The summed E-state index contributed by atoms with van der Waals surface area (Å²) in [7, 11) is 0. The van der Waals surface area contributed by atoms with Crippen molar-refractivity contribution in [2.24, 2.45) is 0 Å². The summed E-state index contributed by atoms with van der Waals surface area (Å²) < 4.78 is 0. The van der Waals surface area contributed by atoms with E-state index in [4.69, 9.17) is 0 Å². The normalized spacial score (nSPS) is 16.3. The van der Waals surface area contributed by atoms with E-state index in [2.05, 4.69) is 56.1 Å². The molecule has 2 rings (SSSR count). The monoisotopic (exact) mass is 246 g/mol. The molecular weight excluding hydrogens is 220 g/mol. The summed E-state index contributed by atoms with van der Waals surface area (Å²) in [6, 6.07) is 6.88. The van der Waals surface area contributed by atoms with Gasteiger partial charge in [-0.2, -0.15) is 0 Å². The molecule has 0 bridgehead atoms. The smallest absolute Gasteiger partial charge is 0.0396 e. The quantitative estimate of drug-likeness (QED) is 0.878. The molecule has 2 heteroatoms. The van der Waals surface area contributed by atoms with Crippen molar-refractivity contribution in [2.75, 3.05) is 18.0 Å². The van der Waals surface area contributed by atoms with Gasteiger partial charge in [-0.05, 0) is 57.7 Å². The molecule has 0 radical (unpaired) electrons. The fraction of sp³-hybridized carbons (Fsp3) is 0.625. The van der Waals surface area contributed by atoms with Gasteiger partial charge in [-0.1, -0.05) is 12.1 Å². The minimum Gasteiger partial charge on any atom is -0.371 e. The molecule has 0 spiro atoms. The van der Waals surface area contributed by atoms with E-state index in [-0.39, 0.29) is 5.54 Å². The maximum Gasteiger partial charge on any atom is 0.0396 e. The first kappa shape index (κ1) is 13.4. The fourth-order valence-corrected chi connectivity index (χ4v) is 2.51. The third-order valence-electron chi connectivity index (χ3n) is 3.53.